The molecule has 12 heterocycles. The van der Waals surface area contributed by atoms with E-state index in [4.69, 9.17) is 109 Å². The van der Waals surface area contributed by atoms with Crippen molar-refractivity contribution in [1.82, 2.24) is 26.6 Å². The molecular formula is C82H137N5O59. The molecule has 36 N–H and O–H groups in total. The lowest BCUT2D eigenvalue weighted by Gasteiger charge is -2.52. The Kier molecular flexibility index (Phi) is 42.8. The van der Waals surface area contributed by atoms with Gasteiger partial charge in [-0.25, -0.2) is 0 Å². The molecule has 0 aliphatic carbocycles. The first-order valence-electron chi connectivity index (χ1n) is 46.9. The lowest BCUT2D eigenvalue weighted by molar-refractivity contribution is -0.409. The van der Waals surface area contributed by atoms with Crippen LogP contribution in [0.1, 0.15) is 48.5 Å². The monoisotopic (exact) mass is 2140 g/mol. The van der Waals surface area contributed by atoms with E-state index >= 15 is 0 Å². The van der Waals surface area contributed by atoms with Crippen molar-refractivity contribution >= 4 is 29.5 Å². The maximum atomic E-state index is 13.6. The van der Waals surface area contributed by atoms with E-state index in [1.54, 1.807) is 0 Å². The fourth-order valence-electron chi connectivity index (χ4n) is 19.1. The minimum atomic E-state index is -2.86. The lowest BCUT2D eigenvalue weighted by Crippen LogP contribution is -2.72. The van der Waals surface area contributed by atoms with E-state index in [-0.39, 0.29) is 0 Å². The molecule has 64 nitrogen and oxygen atoms in total. The van der Waals surface area contributed by atoms with Gasteiger partial charge in [0, 0.05) is 34.6 Å². The molecule has 12 aliphatic rings. The van der Waals surface area contributed by atoms with Crippen LogP contribution >= 0.6 is 0 Å². The Labute approximate surface area is 827 Å². The summed E-state index contributed by atoms with van der Waals surface area (Å²) in [7, 11) is 0. The van der Waals surface area contributed by atoms with Gasteiger partial charge in [0.1, 0.15) is 280 Å². The van der Waals surface area contributed by atoms with Crippen LogP contribution in [0, 0.1) is 0 Å². The second-order valence-electron chi connectivity index (χ2n) is 37.3. The molecule has 0 bridgehead atoms. The third-order valence-electron chi connectivity index (χ3n) is 27.0. The predicted octanol–water partition coefficient (Wildman–Crippen LogP) is -24.4. The van der Waals surface area contributed by atoms with Gasteiger partial charge in [0.25, 0.3) is 0 Å². The molecule has 844 valence electrons. The van der Waals surface area contributed by atoms with E-state index < -0.39 is 464 Å². The van der Waals surface area contributed by atoms with Crippen LogP contribution in [0.25, 0.3) is 0 Å². The van der Waals surface area contributed by atoms with Crippen LogP contribution in [-0.2, 0) is 133 Å². The SMILES string of the molecule is CC(=O)N[C@@H]1[C@@H](O)[C@H](O[C@@H]2O[C@H](CO)[C@@H](O[C@@H]3O[C@H](CO[C@H]4O[C@H](CO)[C@@H](O)[C@H](O)[C@@H]4O[C@@H]4O[C@H](CO)[C@@H](O[C@@H]5O[C@H](CO)[C@H](O)[C@H](O)[C@H]5O[C@@H]5O[C@@H](C)[C@@H](O)[C@@H](O)[C@@H]5O)[C@H](O)[C@H]4NC(C)=O)[C@@H](O[C@@H]4O[C@H](CO)[C@@H](O)[C@H](O)[C@H]4NC(C)=O)[C@H](O[C@H]4O[C@H](CO)[C@@H](O)[C@H](O)[C@@H]4O[C@@H]4O[C@H](CO)[C@@H](O[C@@H]5O[C@H](CO)[C@H](O)[C@H](O)[C@H]5O)[C@H](O)[C@H]4NC(C)=O)[C@@H]3O)[C@H](O)[C@H]2NC(C)=O)[C@@H](CO[C@@H]2O[C@@H](C)[C@@H](O)[C@@H](O)[C@@H]2O)O[C@H]1O. The third kappa shape index (κ3) is 26.4. The first-order chi connectivity index (χ1) is 69.0. The van der Waals surface area contributed by atoms with Crippen molar-refractivity contribution in [1.29, 1.82) is 0 Å². The minimum Gasteiger partial charge on any atom is -0.394 e. The van der Waals surface area contributed by atoms with Crippen molar-refractivity contribution in [3.05, 3.63) is 0 Å². The van der Waals surface area contributed by atoms with Crippen molar-refractivity contribution < 1.29 is 291 Å². The summed E-state index contributed by atoms with van der Waals surface area (Å²) in [6, 6.07) is -10.3. The second kappa shape index (κ2) is 52.2. The fourth-order valence-corrected chi connectivity index (χ4v) is 19.1. The summed E-state index contributed by atoms with van der Waals surface area (Å²) in [5.74, 6) is -5.10. The van der Waals surface area contributed by atoms with Gasteiger partial charge >= 0.3 is 0 Å². The molecule has 0 spiro atoms. The lowest BCUT2D eigenvalue weighted by atomic mass is 9.93. The van der Waals surface area contributed by atoms with E-state index in [0.29, 0.717) is 0 Å². The highest BCUT2D eigenvalue weighted by atomic mass is 16.8. The highest BCUT2D eigenvalue weighted by Gasteiger charge is 2.64. The van der Waals surface area contributed by atoms with Gasteiger partial charge in [0.05, 0.1) is 78.3 Å². The largest absolute Gasteiger partial charge is 0.394 e. The van der Waals surface area contributed by atoms with Gasteiger partial charge in [-0.3, -0.25) is 24.0 Å². The predicted molar refractivity (Wildman–Crippen MR) is 450 cm³/mol. The number of hydrogen-bond acceptors (Lipinski definition) is 59. The van der Waals surface area contributed by atoms with Crippen molar-refractivity contribution in [2.75, 3.05) is 66.1 Å². The number of ether oxygens (including phenoxy) is 23. The highest BCUT2D eigenvalue weighted by molar-refractivity contribution is 5.75. The molecule has 12 rings (SSSR count). The van der Waals surface area contributed by atoms with Crippen molar-refractivity contribution in [3.8, 4) is 0 Å². The number of rotatable bonds is 37. The number of carbonyl (C=O) groups excluding carboxylic acids is 5. The molecule has 0 radical (unpaired) electrons. The van der Waals surface area contributed by atoms with E-state index in [1.807, 2.05) is 0 Å². The molecule has 0 aromatic rings. The van der Waals surface area contributed by atoms with Crippen molar-refractivity contribution in [2.45, 2.75) is 417 Å². The molecule has 60 atom stereocenters. The van der Waals surface area contributed by atoms with Gasteiger partial charge in [-0.05, 0) is 13.8 Å². The average Bonchev–Trinajstić information content (AvgIpc) is 0.752. The zero-order valence-electron chi connectivity index (χ0n) is 79.0. The molecule has 64 heteroatoms. The smallest absolute Gasteiger partial charge is 0.217 e. The van der Waals surface area contributed by atoms with E-state index in [2.05, 4.69) is 26.6 Å². The number of amides is 5. The van der Waals surface area contributed by atoms with Crippen molar-refractivity contribution in [2.24, 2.45) is 0 Å². The quantitative estimate of drug-likeness (QED) is 0.0275. The van der Waals surface area contributed by atoms with Gasteiger partial charge < -0.3 is 294 Å². The van der Waals surface area contributed by atoms with E-state index in [1.165, 1.54) is 13.8 Å². The van der Waals surface area contributed by atoms with E-state index in [9.17, 15) is 182 Å². The summed E-state index contributed by atoms with van der Waals surface area (Å²) in [6.07, 6.45) is -119. The molecule has 12 fully saturated rings. The Balaban J connectivity index is 0.949. The molecule has 146 heavy (non-hydrogen) atoms. The molecule has 12 saturated heterocycles. The van der Waals surface area contributed by atoms with Crippen LogP contribution in [0.3, 0.4) is 0 Å². The minimum absolute atomic E-state index is 0.876. The first kappa shape index (κ1) is 120. The zero-order valence-corrected chi connectivity index (χ0v) is 79.0. The number of nitrogens with one attached hydrogen (secondary N) is 5. The normalized spacial score (nSPS) is 49.8. The number of carbonyl (C=O) groups is 5. The maximum Gasteiger partial charge on any atom is 0.217 e. The van der Waals surface area contributed by atoms with Gasteiger partial charge in [-0.15, -0.1) is 0 Å². The maximum absolute atomic E-state index is 13.6. The number of aliphatic hydroxyl groups is 31. The molecule has 0 saturated carbocycles. The van der Waals surface area contributed by atoms with Crippen LogP contribution in [0.4, 0.5) is 0 Å². The van der Waals surface area contributed by atoms with Crippen molar-refractivity contribution in [3.63, 3.8) is 0 Å². The van der Waals surface area contributed by atoms with Gasteiger partial charge in [0.2, 0.25) is 29.5 Å². The summed E-state index contributed by atoms with van der Waals surface area (Å²) >= 11 is 0. The van der Waals surface area contributed by atoms with E-state index in [0.717, 1.165) is 34.6 Å². The summed E-state index contributed by atoms with van der Waals surface area (Å²) in [6.45, 7) is -5.16. The summed E-state index contributed by atoms with van der Waals surface area (Å²) in [5.41, 5.74) is 0. The molecule has 12 aliphatic heterocycles. The van der Waals surface area contributed by atoms with Crippen LogP contribution < -0.4 is 26.6 Å². The molecule has 5 amide bonds. The Morgan fingerprint density at radius 3 is 0.801 bits per heavy atom. The second-order valence-corrected chi connectivity index (χ2v) is 37.3. The standard InChI is InChI=1S/C82H137N5O59/c1-18-40(101)52(113)58(119)76(126-18)124-16-33-65(48(109)35(71(123)128-33)83-20(3)96)138-73-37(85-22(5)98)49(110)63(31(14-94)134-73)140-79-61(122)67(143-82-69(56(117)45(106)29(12-92)133-82)145-75-38(86-23(6)99)50(111)62(30(13-93)135-75)139-78-60(121)54(115)43(104)26(9-89)130-78)66(142-72-36(84-21(4)97)47(108)42(103)25(8-88)129-72)34(137-79)17-125-80-68(55(116)44(105)27(10-90)131-80)144-74-39(87-24(7)100)51(112)64(32(15-95)136-74)141-81-70(57(118)46(107)28(11-91)132-81)146-77-59(120)53(114)41(102)19(2)127-77/h18-19,25-82,88-95,101-123H,8-17H2,1-7H3,(H,83,96)(H,84,97)(H,85,98)(H,86,99)(H,87,100)/t18-,19-,25+,26+,27+,28+,29+,30+,31+,32+,33+,34+,35+,36+,37+,38+,39+,40+,41+,42+,43-,44+,45+,46-,47+,48+,49+,50+,51+,52+,53+,54-,55-,56-,57-,58-,59-,60+,61-,62+,63+,64+,65+,66+,67+,68-,69-,70+,71+,72-,73-,74-,75-,76+,77-,78-,79-,80-,81-,82+/m0/s1. The molecular weight excluding hydrogens is 2000 g/mol. The van der Waals surface area contributed by atoms with Gasteiger partial charge in [0.15, 0.2) is 75.5 Å². The topological polar surface area (TPSA) is 985 Å². The molecule has 0 aromatic heterocycles. The van der Waals surface area contributed by atoms with Crippen LogP contribution in [0.2, 0.25) is 0 Å². The average molecular weight is 2140 g/mol. The van der Waals surface area contributed by atoms with Crippen LogP contribution in [-0.4, -0.2) is 622 Å². The summed E-state index contributed by atoms with van der Waals surface area (Å²) in [5, 5.41) is 364. The van der Waals surface area contributed by atoms with Gasteiger partial charge in [-0.1, -0.05) is 0 Å². The summed E-state index contributed by atoms with van der Waals surface area (Å²) in [4.78, 5) is 66.3. The number of hydrogen-bond donors (Lipinski definition) is 36. The fraction of sp³-hybridized carbons (Fsp3) is 0.939. The first-order valence-corrected chi connectivity index (χ1v) is 46.9. The molecule has 0 aromatic carbocycles. The zero-order chi connectivity index (χ0) is 107. The Hall–Kier alpha value is -4.81. The Bertz CT molecular complexity index is 4090. The summed E-state index contributed by atoms with van der Waals surface area (Å²) < 4.78 is 140. The highest BCUT2D eigenvalue weighted by Crippen LogP contribution is 2.43. The number of aliphatic hydroxyl groups excluding tert-OH is 31. The van der Waals surface area contributed by atoms with Crippen LogP contribution in [0.5, 0.6) is 0 Å². The Morgan fingerprint density at radius 1 is 0.192 bits per heavy atom. The third-order valence-corrected chi connectivity index (χ3v) is 27.0. The Morgan fingerprint density at radius 2 is 0.418 bits per heavy atom. The van der Waals surface area contributed by atoms with Crippen LogP contribution in [0.15, 0.2) is 0 Å². The van der Waals surface area contributed by atoms with Gasteiger partial charge in [-0.2, -0.15) is 0 Å². The molecule has 0 unspecified atom stereocenters.